The van der Waals surface area contributed by atoms with Crippen LogP contribution in [-0.2, 0) is 6.54 Å². The molecule has 1 heterocycles. The predicted molar refractivity (Wildman–Crippen MR) is 114 cm³/mol. The Morgan fingerprint density at radius 1 is 1.38 bits per heavy atom. The minimum atomic E-state index is -0.325. The first-order valence-electron chi connectivity index (χ1n) is 9.24. The van der Waals surface area contributed by atoms with Gasteiger partial charge in [0.05, 0.1) is 6.61 Å². The van der Waals surface area contributed by atoms with E-state index < -0.39 is 0 Å². The van der Waals surface area contributed by atoms with Gasteiger partial charge in [-0.2, -0.15) is 0 Å². The maximum Gasteiger partial charge on any atom is 0.191 e. The number of likely N-dealkylation sites (tertiary alicyclic amines) is 1. The summed E-state index contributed by atoms with van der Waals surface area (Å²) in [6.07, 6.45) is 3.82. The van der Waals surface area contributed by atoms with E-state index in [-0.39, 0.29) is 29.8 Å². The van der Waals surface area contributed by atoms with Crippen LogP contribution >= 0.6 is 24.0 Å². The standard InChI is InChI=1S/C19H29FN4O.HI/c1-4-25-18-8-5-14(10-17(18)20)11-22-19(21-3)23-15-9-13(2)24(12-15)16-6-7-16;/h5,8,10,13,15-16H,4,6-7,9,11-12H2,1-3H3,(H2,21,22,23);1H. The van der Waals surface area contributed by atoms with Crippen LogP contribution in [0.5, 0.6) is 5.75 Å². The van der Waals surface area contributed by atoms with E-state index in [2.05, 4.69) is 27.4 Å². The molecular formula is C19H30FIN4O. The van der Waals surface area contributed by atoms with Crippen molar-refractivity contribution in [3.05, 3.63) is 29.6 Å². The first kappa shape index (κ1) is 21.2. The van der Waals surface area contributed by atoms with Crippen LogP contribution in [0.15, 0.2) is 23.2 Å². The molecule has 2 aliphatic rings. The molecule has 1 aliphatic heterocycles. The Bertz CT molecular complexity index is 624. The van der Waals surface area contributed by atoms with E-state index in [9.17, 15) is 4.39 Å². The number of hydrogen-bond donors (Lipinski definition) is 2. The van der Waals surface area contributed by atoms with Crippen LogP contribution in [-0.4, -0.2) is 49.2 Å². The van der Waals surface area contributed by atoms with E-state index in [1.165, 1.54) is 18.9 Å². The van der Waals surface area contributed by atoms with Gasteiger partial charge in [0.2, 0.25) is 0 Å². The number of nitrogens with one attached hydrogen (secondary N) is 2. The third-order valence-corrected chi connectivity index (χ3v) is 4.96. The second-order valence-corrected chi connectivity index (χ2v) is 6.98. The van der Waals surface area contributed by atoms with Crippen molar-refractivity contribution in [1.29, 1.82) is 0 Å². The number of halogens is 2. The summed E-state index contributed by atoms with van der Waals surface area (Å²) < 4.78 is 19.2. The van der Waals surface area contributed by atoms with Crippen LogP contribution in [0.1, 0.15) is 38.7 Å². The molecule has 0 radical (unpaired) electrons. The smallest absolute Gasteiger partial charge is 0.191 e. The molecule has 2 unspecified atom stereocenters. The zero-order valence-electron chi connectivity index (χ0n) is 15.8. The molecule has 2 N–H and O–H groups in total. The molecular weight excluding hydrogens is 446 g/mol. The topological polar surface area (TPSA) is 48.9 Å². The second kappa shape index (κ2) is 9.73. The van der Waals surface area contributed by atoms with Gasteiger partial charge >= 0.3 is 0 Å². The van der Waals surface area contributed by atoms with Gasteiger partial charge in [-0.25, -0.2) is 4.39 Å². The van der Waals surface area contributed by atoms with Gasteiger partial charge in [0.1, 0.15) is 0 Å². The van der Waals surface area contributed by atoms with E-state index in [0.717, 1.165) is 30.5 Å². The molecule has 0 aromatic heterocycles. The lowest BCUT2D eigenvalue weighted by Gasteiger charge is -2.20. The first-order valence-corrected chi connectivity index (χ1v) is 9.24. The van der Waals surface area contributed by atoms with Crippen LogP contribution in [0, 0.1) is 5.82 Å². The van der Waals surface area contributed by atoms with Crippen molar-refractivity contribution < 1.29 is 9.13 Å². The lowest BCUT2D eigenvalue weighted by molar-refractivity contribution is 0.256. The molecule has 0 spiro atoms. The fraction of sp³-hybridized carbons (Fsp3) is 0.632. The maximum absolute atomic E-state index is 13.9. The number of ether oxygens (including phenoxy) is 1. The fourth-order valence-corrected chi connectivity index (χ4v) is 3.58. The summed E-state index contributed by atoms with van der Waals surface area (Å²) in [5, 5.41) is 6.78. The van der Waals surface area contributed by atoms with Gasteiger partial charge < -0.3 is 15.4 Å². The summed E-state index contributed by atoms with van der Waals surface area (Å²) in [5.74, 6) is 0.742. The average molecular weight is 476 g/mol. The van der Waals surface area contributed by atoms with Crippen LogP contribution < -0.4 is 15.4 Å². The summed E-state index contributed by atoms with van der Waals surface area (Å²) in [6.45, 7) is 6.21. The Balaban J connectivity index is 0.00000243. The lowest BCUT2D eigenvalue weighted by Crippen LogP contribution is -2.44. The summed E-state index contributed by atoms with van der Waals surface area (Å²) in [5.41, 5.74) is 0.864. The van der Waals surface area contributed by atoms with Crippen molar-refractivity contribution in [3.8, 4) is 5.75 Å². The number of benzene rings is 1. The molecule has 1 aromatic carbocycles. The molecule has 1 saturated carbocycles. The summed E-state index contributed by atoms with van der Waals surface area (Å²) in [7, 11) is 1.77. The highest BCUT2D eigenvalue weighted by atomic mass is 127. The number of guanidine groups is 1. The Morgan fingerprint density at radius 2 is 2.15 bits per heavy atom. The van der Waals surface area contributed by atoms with Crippen LogP contribution in [0.3, 0.4) is 0 Å². The van der Waals surface area contributed by atoms with Gasteiger partial charge in [0.15, 0.2) is 17.5 Å². The van der Waals surface area contributed by atoms with Crippen molar-refractivity contribution in [2.45, 2.75) is 57.8 Å². The van der Waals surface area contributed by atoms with E-state index in [4.69, 9.17) is 4.74 Å². The molecule has 146 valence electrons. The monoisotopic (exact) mass is 476 g/mol. The van der Waals surface area contributed by atoms with E-state index in [1.807, 2.05) is 13.0 Å². The van der Waals surface area contributed by atoms with Crippen molar-refractivity contribution >= 4 is 29.9 Å². The quantitative estimate of drug-likeness (QED) is 0.377. The third kappa shape index (κ3) is 5.45. The van der Waals surface area contributed by atoms with E-state index in [1.54, 1.807) is 13.1 Å². The summed E-state index contributed by atoms with van der Waals surface area (Å²) in [6, 6.07) is 6.90. The summed E-state index contributed by atoms with van der Waals surface area (Å²) in [4.78, 5) is 6.91. The molecule has 1 aromatic rings. The average Bonchev–Trinajstić information content (AvgIpc) is 3.37. The van der Waals surface area contributed by atoms with E-state index >= 15 is 0 Å². The highest BCUT2D eigenvalue weighted by Gasteiger charge is 2.38. The first-order chi connectivity index (χ1) is 12.1. The van der Waals surface area contributed by atoms with Crippen LogP contribution in [0.25, 0.3) is 0 Å². The number of aliphatic imine (C=N–C) groups is 1. The zero-order chi connectivity index (χ0) is 17.8. The van der Waals surface area contributed by atoms with Crippen molar-refractivity contribution in [2.75, 3.05) is 20.2 Å². The minimum absolute atomic E-state index is 0. The molecule has 5 nitrogen and oxygen atoms in total. The van der Waals surface area contributed by atoms with Gasteiger partial charge in [-0.1, -0.05) is 6.07 Å². The van der Waals surface area contributed by atoms with Gasteiger partial charge in [-0.3, -0.25) is 9.89 Å². The molecule has 2 fully saturated rings. The number of rotatable bonds is 6. The van der Waals surface area contributed by atoms with Crippen molar-refractivity contribution in [2.24, 2.45) is 4.99 Å². The van der Waals surface area contributed by atoms with Gasteiger partial charge in [0.25, 0.3) is 0 Å². The molecule has 2 atom stereocenters. The largest absolute Gasteiger partial charge is 0.491 e. The van der Waals surface area contributed by atoms with Gasteiger partial charge in [-0.05, 0) is 50.8 Å². The van der Waals surface area contributed by atoms with Crippen LogP contribution in [0.2, 0.25) is 0 Å². The van der Waals surface area contributed by atoms with Crippen molar-refractivity contribution in [3.63, 3.8) is 0 Å². The molecule has 26 heavy (non-hydrogen) atoms. The summed E-state index contributed by atoms with van der Waals surface area (Å²) >= 11 is 0. The third-order valence-electron chi connectivity index (χ3n) is 4.96. The second-order valence-electron chi connectivity index (χ2n) is 6.98. The fourth-order valence-electron chi connectivity index (χ4n) is 3.58. The minimum Gasteiger partial charge on any atom is -0.491 e. The van der Waals surface area contributed by atoms with Gasteiger partial charge in [0, 0.05) is 38.3 Å². The SMILES string of the molecule is CCOc1ccc(CNC(=NC)NC2CC(C)N(C3CC3)C2)cc1F.I. The van der Waals surface area contributed by atoms with E-state index in [0.29, 0.717) is 31.0 Å². The Morgan fingerprint density at radius 3 is 2.77 bits per heavy atom. The predicted octanol–water partition coefficient (Wildman–Crippen LogP) is 3.13. The lowest BCUT2D eigenvalue weighted by atomic mass is 10.2. The number of hydrogen-bond acceptors (Lipinski definition) is 3. The zero-order valence-corrected chi connectivity index (χ0v) is 18.1. The molecule has 1 saturated heterocycles. The Labute approximate surface area is 172 Å². The Hall–Kier alpha value is -1.09. The van der Waals surface area contributed by atoms with Gasteiger partial charge in [-0.15, -0.1) is 24.0 Å². The maximum atomic E-state index is 13.9. The van der Waals surface area contributed by atoms with Crippen molar-refractivity contribution in [1.82, 2.24) is 15.5 Å². The molecule has 0 bridgehead atoms. The highest BCUT2D eigenvalue weighted by molar-refractivity contribution is 14.0. The normalized spacial score (nSPS) is 23.5. The molecule has 3 rings (SSSR count). The number of nitrogens with zero attached hydrogens (tertiary/aromatic N) is 2. The molecule has 1 aliphatic carbocycles. The molecule has 0 amide bonds. The van der Waals surface area contributed by atoms with Crippen LogP contribution in [0.4, 0.5) is 4.39 Å². The molecule has 7 heteroatoms. The Kier molecular flexibility index (Phi) is 7.94. The highest BCUT2D eigenvalue weighted by Crippen LogP contribution is 2.33.